The number of rotatable bonds is 3. The Morgan fingerprint density at radius 1 is 1.14 bits per heavy atom. The third-order valence-corrected chi connectivity index (χ3v) is 4.38. The van der Waals surface area contributed by atoms with Gasteiger partial charge in [0.15, 0.2) is 5.78 Å². The molecule has 1 unspecified atom stereocenters. The van der Waals surface area contributed by atoms with E-state index in [0.29, 0.717) is 13.0 Å². The van der Waals surface area contributed by atoms with Crippen molar-refractivity contribution in [2.75, 3.05) is 32.8 Å². The lowest BCUT2D eigenvalue weighted by atomic mass is 9.82. The van der Waals surface area contributed by atoms with Crippen LogP contribution in [0.15, 0.2) is 41.6 Å². The maximum Gasteiger partial charge on any atom is 0.162 e. The molecule has 2 aliphatic rings. The van der Waals surface area contributed by atoms with E-state index < -0.39 is 0 Å². The normalized spacial score (nSPS) is 23.3. The van der Waals surface area contributed by atoms with Crippen molar-refractivity contribution in [3.05, 3.63) is 47.2 Å². The number of ketones is 1. The second-order valence-corrected chi connectivity index (χ2v) is 5.83. The van der Waals surface area contributed by atoms with E-state index in [4.69, 9.17) is 10.5 Å². The van der Waals surface area contributed by atoms with Crippen LogP contribution in [-0.2, 0) is 9.53 Å². The van der Waals surface area contributed by atoms with E-state index in [1.807, 2.05) is 18.2 Å². The van der Waals surface area contributed by atoms with Crippen LogP contribution in [0.1, 0.15) is 24.3 Å². The summed E-state index contributed by atoms with van der Waals surface area (Å²) >= 11 is 0. The Morgan fingerprint density at radius 3 is 2.45 bits per heavy atom. The minimum Gasteiger partial charge on any atom is -0.402 e. The van der Waals surface area contributed by atoms with Crippen LogP contribution < -0.4 is 5.73 Å². The van der Waals surface area contributed by atoms with Crippen molar-refractivity contribution in [3.8, 4) is 0 Å². The summed E-state index contributed by atoms with van der Waals surface area (Å²) in [5, 5.41) is 0. The van der Waals surface area contributed by atoms with Crippen LogP contribution in [0.5, 0.6) is 0 Å². The topological polar surface area (TPSA) is 55.6 Å². The van der Waals surface area contributed by atoms with Gasteiger partial charge in [0.2, 0.25) is 0 Å². The van der Waals surface area contributed by atoms with Crippen molar-refractivity contribution >= 4 is 18.2 Å². The molecule has 3 rings (SSSR count). The van der Waals surface area contributed by atoms with Crippen molar-refractivity contribution in [3.63, 3.8) is 0 Å². The number of benzene rings is 1. The number of carbonyl (C=O) groups excluding carboxylic acids is 1. The molecular weight excluding hydrogens is 300 g/mol. The SMILES string of the molecule is Cl.NC1=C(CN2CCOCC2)C(=O)CC(c2ccccc2)C1. The number of ether oxygens (including phenoxy) is 1. The van der Waals surface area contributed by atoms with E-state index in [-0.39, 0.29) is 24.1 Å². The molecule has 1 aromatic carbocycles. The summed E-state index contributed by atoms with van der Waals surface area (Å²) in [6.07, 6.45) is 1.36. The molecule has 1 heterocycles. The Balaban J connectivity index is 0.00000176. The lowest BCUT2D eigenvalue weighted by Crippen LogP contribution is -2.40. The first-order chi connectivity index (χ1) is 10.2. The first-order valence-electron chi connectivity index (χ1n) is 7.60. The summed E-state index contributed by atoms with van der Waals surface area (Å²) in [6, 6.07) is 10.2. The third kappa shape index (κ3) is 3.88. The second-order valence-electron chi connectivity index (χ2n) is 5.83. The predicted molar refractivity (Wildman–Crippen MR) is 89.1 cm³/mol. The molecule has 1 aromatic rings. The number of nitrogens with two attached hydrogens (primary N) is 1. The van der Waals surface area contributed by atoms with Crippen molar-refractivity contribution in [1.82, 2.24) is 4.90 Å². The Bertz CT molecular complexity index is 539. The van der Waals surface area contributed by atoms with Crippen LogP contribution in [0, 0.1) is 0 Å². The molecule has 4 nitrogen and oxygen atoms in total. The van der Waals surface area contributed by atoms with Gasteiger partial charge in [-0.2, -0.15) is 0 Å². The number of nitrogens with zero attached hydrogens (tertiary/aromatic N) is 1. The van der Waals surface area contributed by atoms with Gasteiger partial charge in [-0.05, 0) is 17.9 Å². The van der Waals surface area contributed by atoms with Gasteiger partial charge in [0.1, 0.15) is 0 Å². The molecule has 2 N–H and O–H groups in total. The molecule has 1 atom stereocenters. The smallest absolute Gasteiger partial charge is 0.162 e. The monoisotopic (exact) mass is 322 g/mol. The summed E-state index contributed by atoms with van der Waals surface area (Å²) in [7, 11) is 0. The first-order valence-corrected chi connectivity index (χ1v) is 7.60. The zero-order chi connectivity index (χ0) is 14.7. The zero-order valence-electron chi connectivity index (χ0n) is 12.7. The second kappa shape index (κ2) is 7.77. The van der Waals surface area contributed by atoms with Crippen LogP contribution in [-0.4, -0.2) is 43.5 Å². The number of allylic oxidation sites excluding steroid dienone is 1. The van der Waals surface area contributed by atoms with Crippen LogP contribution in [0.3, 0.4) is 0 Å². The third-order valence-electron chi connectivity index (χ3n) is 4.38. The predicted octanol–water partition coefficient (Wildman–Crippen LogP) is 2.10. The average Bonchev–Trinajstić information content (AvgIpc) is 2.52. The molecule has 22 heavy (non-hydrogen) atoms. The van der Waals surface area contributed by atoms with Crippen LogP contribution in [0.25, 0.3) is 0 Å². The highest BCUT2D eigenvalue weighted by Gasteiger charge is 2.28. The maximum atomic E-state index is 12.5. The van der Waals surface area contributed by atoms with Gasteiger partial charge < -0.3 is 10.5 Å². The van der Waals surface area contributed by atoms with Crippen molar-refractivity contribution < 1.29 is 9.53 Å². The van der Waals surface area contributed by atoms with E-state index in [9.17, 15) is 4.79 Å². The lowest BCUT2D eigenvalue weighted by molar-refractivity contribution is -0.116. The van der Waals surface area contributed by atoms with Crippen LogP contribution in [0.2, 0.25) is 0 Å². The quantitative estimate of drug-likeness (QED) is 0.926. The number of hydrogen-bond donors (Lipinski definition) is 1. The van der Waals surface area contributed by atoms with Gasteiger partial charge in [-0.15, -0.1) is 12.4 Å². The summed E-state index contributed by atoms with van der Waals surface area (Å²) < 4.78 is 5.34. The summed E-state index contributed by atoms with van der Waals surface area (Å²) in [5.74, 6) is 0.436. The molecule has 1 fully saturated rings. The van der Waals surface area contributed by atoms with E-state index in [2.05, 4.69) is 17.0 Å². The van der Waals surface area contributed by atoms with E-state index >= 15 is 0 Å². The Hall–Kier alpha value is -1.36. The maximum absolute atomic E-state index is 12.5. The molecule has 0 radical (unpaired) electrons. The molecule has 120 valence electrons. The molecule has 0 amide bonds. The summed E-state index contributed by atoms with van der Waals surface area (Å²) in [6.45, 7) is 3.93. The Labute approximate surface area is 137 Å². The van der Waals surface area contributed by atoms with Crippen molar-refractivity contribution in [2.45, 2.75) is 18.8 Å². The molecule has 1 saturated heterocycles. The highest BCUT2D eigenvalue weighted by atomic mass is 35.5. The van der Waals surface area contributed by atoms with Gasteiger partial charge in [0.05, 0.1) is 13.2 Å². The molecule has 0 spiro atoms. The van der Waals surface area contributed by atoms with Gasteiger partial charge in [0, 0.05) is 37.3 Å². The largest absolute Gasteiger partial charge is 0.402 e. The van der Waals surface area contributed by atoms with E-state index in [1.165, 1.54) is 5.56 Å². The van der Waals surface area contributed by atoms with Crippen LogP contribution in [0.4, 0.5) is 0 Å². The van der Waals surface area contributed by atoms with E-state index in [0.717, 1.165) is 44.0 Å². The lowest BCUT2D eigenvalue weighted by Gasteiger charge is -2.31. The molecule has 0 bridgehead atoms. The Morgan fingerprint density at radius 2 is 1.82 bits per heavy atom. The summed E-state index contributed by atoms with van der Waals surface area (Å²) in [4.78, 5) is 14.7. The molecule has 1 aliphatic carbocycles. The minimum atomic E-state index is 0. The highest BCUT2D eigenvalue weighted by Crippen LogP contribution is 2.32. The van der Waals surface area contributed by atoms with E-state index in [1.54, 1.807) is 0 Å². The molecule has 5 heteroatoms. The molecular formula is C17H23ClN2O2. The zero-order valence-corrected chi connectivity index (χ0v) is 13.5. The van der Waals surface area contributed by atoms with Gasteiger partial charge in [-0.3, -0.25) is 9.69 Å². The van der Waals surface area contributed by atoms with Crippen molar-refractivity contribution in [1.29, 1.82) is 0 Å². The van der Waals surface area contributed by atoms with Gasteiger partial charge in [-0.25, -0.2) is 0 Å². The highest BCUT2D eigenvalue weighted by molar-refractivity contribution is 5.98. The number of hydrogen-bond acceptors (Lipinski definition) is 4. The number of Topliss-reactive ketones (excluding diaryl/α,β-unsaturated/α-hetero) is 1. The van der Waals surface area contributed by atoms with Crippen LogP contribution >= 0.6 is 12.4 Å². The average molecular weight is 323 g/mol. The fraction of sp³-hybridized carbons (Fsp3) is 0.471. The van der Waals surface area contributed by atoms with Crippen molar-refractivity contribution in [2.24, 2.45) is 5.73 Å². The fourth-order valence-electron chi connectivity index (χ4n) is 3.12. The number of morpholine rings is 1. The Kier molecular flexibility index (Phi) is 6.00. The standard InChI is InChI=1S/C17H22N2O2.ClH/c18-16-10-14(13-4-2-1-3-5-13)11-17(20)15(16)12-19-6-8-21-9-7-19;/h1-5,14H,6-12,18H2;1H. The molecule has 1 aliphatic heterocycles. The first kappa shape index (κ1) is 17.0. The minimum absolute atomic E-state index is 0. The number of carbonyl (C=O) groups is 1. The number of halogens is 1. The van der Waals surface area contributed by atoms with Gasteiger partial charge in [0.25, 0.3) is 0 Å². The van der Waals surface area contributed by atoms with Gasteiger partial charge in [-0.1, -0.05) is 30.3 Å². The molecule has 0 aromatic heterocycles. The van der Waals surface area contributed by atoms with Gasteiger partial charge >= 0.3 is 0 Å². The summed E-state index contributed by atoms with van der Waals surface area (Å²) in [5.41, 5.74) is 9.02. The molecule has 0 saturated carbocycles. The fourth-order valence-corrected chi connectivity index (χ4v) is 3.12.